The van der Waals surface area contributed by atoms with E-state index in [1.165, 1.54) is 0 Å². The first-order chi connectivity index (χ1) is 10.8. The van der Waals surface area contributed by atoms with Crippen LogP contribution in [0, 0.1) is 0 Å². The Morgan fingerprint density at radius 1 is 1.50 bits per heavy atom. The van der Waals surface area contributed by atoms with Gasteiger partial charge < -0.3 is 14.1 Å². The molecule has 0 N–H and O–H groups in total. The Labute approximate surface area is 129 Å². The number of hydrogen-bond donors (Lipinski definition) is 0. The summed E-state index contributed by atoms with van der Waals surface area (Å²) < 4.78 is 10.6. The number of hydrogen-bond acceptors (Lipinski definition) is 5. The van der Waals surface area contributed by atoms with E-state index in [0.717, 1.165) is 17.0 Å². The highest BCUT2D eigenvalue weighted by atomic mass is 16.5. The predicted molar refractivity (Wildman–Crippen MR) is 78.9 cm³/mol. The number of aryl methyl sites for hydroxylation is 1. The highest BCUT2D eigenvalue weighted by molar-refractivity contribution is 5.76. The number of rotatable bonds is 5. The molecule has 0 radical (unpaired) electrons. The minimum absolute atomic E-state index is 0.144. The molecule has 0 saturated heterocycles. The molecule has 22 heavy (non-hydrogen) atoms. The van der Waals surface area contributed by atoms with Gasteiger partial charge in [0.05, 0.1) is 6.54 Å². The second-order valence-electron chi connectivity index (χ2n) is 5.34. The summed E-state index contributed by atoms with van der Waals surface area (Å²) in [5, 5.41) is 0. The van der Waals surface area contributed by atoms with Crippen molar-refractivity contribution in [2.75, 3.05) is 13.7 Å². The van der Waals surface area contributed by atoms with E-state index in [1.807, 2.05) is 17.0 Å². The van der Waals surface area contributed by atoms with Crippen LogP contribution >= 0.6 is 0 Å². The Morgan fingerprint density at radius 3 is 3.18 bits per heavy atom. The van der Waals surface area contributed by atoms with E-state index in [9.17, 15) is 4.79 Å². The molecule has 0 aromatic carbocycles. The summed E-state index contributed by atoms with van der Waals surface area (Å²) in [6.45, 7) is 1.57. The van der Waals surface area contributed by atoms with Gasteiger partial charge in [-0.1, -0.05) is 6.07 Å². The summed E-state index contributed by atoms with van der Waals surface area (Å²) >= 11 is 0. The normalized spacial score (nSPS) is 14.0. The largest absolute Gasteiger partial charge is 0.443 e. The van der Waals surface area contributed by atoms with Crippen molar-refractivity contribution >= 4 is 5.91 Å². The van der Waals surface area contributed by atoms with Crippen molar-refractivity contribution in [1.82, 2.24) is 14.9 Å². The van der Waals surface area contributed by atoms with Crippen molar-refractivity contribution in [1.29, 1.82) is 0 Å². The molecule has 6 heteroatoms. The Morgan fingerprint density at radius 2 is 2.41 bits per heavy atom. The minimum Gasteiger partial charge on any atom is -0.443 e. The average molecular weight is 301 g/mol. The molecule has 3 rings (SSSR count). The van der Waals surface area contributed by atoms with Crippen LogP contribution in [0.5, 0.6) is 0 Å². The zero-order valence-electron chi connectivity index (χ0n) is 12.6. The third kappa shape index (κ3) is 3.33. The summed E-state index contributed by atoms with van der Waals surface area (Å²) in [6.07, 6.45) is 5.45. The number of fused-ring (bicyclic) bond motifs is 1. The topological polar surface area (TPSA) is 68.5 Å². The summed E-state index contributed by atoms with van der Waals surface area (Å²) in [5.74, 6) is 1.60. The fourth-order valence-corrected chi connectivity index (χ4v) is 2.61. The average Bonchev–Trinajstić information content (AvgIpc) is 2.95. The maximum atomic E-state index is 12.3. The number of ether oxygens (including phenoxy) is 1. The summed E-state index contributed by atoms with van der Waals surface area (Å²) in [5.41, 5.74) is 1.94. The number of pyridine rings is 1. The first-order valence-corrected chi connectivity index (χ1v) is 7.39. The summed E-state index contributed by atoms with van der Waals surface area (Å²) in [4.78, 5) is 22.6. The number of methoxy groups -OCH3 is 1. The zero-order valence-corrected chi connectivity index (χ0v) is 12.6. The Balaban J connectivity index is 1.58. The molecule has 116 valence electrons. The zero-order chi connectivity index (χ0) is 15.4. The second-order valence-corrected chi connectivity index (χ2v) is 5.34. The highest BCUT2D eigenvalue weighted by Crippen LogP contribution is 2.21. The molecule has 0 bridgehead atoms. The quantitative estimate of drug-likeness (QED) is 0.841. The molecule has 0 spiro atoms. The van der Waals surface area contributed by atoms with E-state index in [2.05, 4.69) is 9.97 Å². The number of nitrogens with zero attached hydrogens (tertiary/aromatic N) is 3. The van der Waals surface area contributed by atoms with E-state index < -0.39 is 0 Å². The molecule has 2 aromatic rings. The molecule has 6 nitrogen and oxygen atoms in total. The van der Waals surface area contributed by atoms with E-state index in [-0.39, 0.29) is 5.91 Å². The van der Waals surface area contributed by atoms with Crippen molar-refractivity contribution in [2.45, 2.75) is 32.4 Å². The van der Waals surface area contributed by atoms with Crippen LogP contribution in [0.2, 0.25) is 0 Å². The van der Waals surface area contributed by atoms with Gasteiger partial charge in [-0.05, 0) is 18.1 Å². The second kappa shape index (κ2) is 6.70. The van der Waals surface area contributed by atoms with Gasteiger partial charge in [-0.3, -0.25) is 9.78 Å². The van der Waals surface area contributed by atoms with Gasteiger partial charge in [-0.15, -0.1) is 0 Å². The van der Waals surface area contributed by atoms with Crippen molar-refractivity contribution in [3.63, 3.8) is 0 Å². The number of oxazole rings is 1. The third-order valence-corrected chi connectivity index (χ3v) is 3.74. The Hall–Kier alpha value is -2.21. The minimum atomic E-state index is 0.144. The number of aromatic nitrogens is 2. The molecular formula is C16H19N3O3. The van der Waals surface area contributed by atoms with Gasteiger partial charge in [0.15, 0.2) is 0 Å². The summed E-state index contributed by atoms with van der Waals surface area (Å²) in [6, 6.07) is 3.88. The van der Waals surface area contributed by atoms with Crippen LogP contribution in [-0.4, -0.2) is 34.4 Å². The van der Waals surface area contributed by atoms with Crippen LogP contribution in [-0.2, 0) is 35.5 Å². The molecule has 0 unspecified atom stereocenters. The lowest BCUT2D eigenvalue weighted by molar-refractivity contribution is -0.132. The van der Waals surface area contributed by atoms with Gasteiger partial charge in [-0.2, -0.15) is 0 Å². The van der Waals surface area contributed by atoms with E-state index in [1.54, 1.807) is 19.5 Å². The highest BCUT2D eigenvalue weighted by Gasteiger charge is 2.25. The fraction of sp³-hybridized carbons (Fsp3) is 0.438. The van der Waals surface area contributed by atoms with Gasteiger partial charge in [0.1, 0.15) is 18.1 Å². The molecule has 1 aliphatic heterocycles. The van der Waals surface area contributed by atoms with Crippen molar-refractivity contribution < 1.29 is 13.9 Å². The molecule has 1 aliphatic rings. The van der Waals surface area contributed by atoms with Crippen LogP contribution in [0.15, 0.2) is 28.9 Å². The molecule has 0 saturated carbocycles. The molecule has 0 atom stereocenters. The van der Waals surface area contributed by atoms with Crippen molar-refractivity contribution in [3.05, 3.63) is 47.4 Å². The first kappa shape index (κ1) is 14.7. The lowest BCUT2D eigenvalue weighted by Gasteiger charge is -2.25. The van der Waals surface area contributed by atoms with Gasteiger partial charge in [0, 0.05) is 38.9 Å². The van der Waals surface area contributed by atoms with Crippen LogP contribution in [0.25, 0.3) is 0 Å². The molecule has 2 aromatic heterocycles. The molecule has 1 amide bonds. The lowest BCUT2D eigenvalue weighted by atomic mass is 10.1. The van der Waals surface area contributed by atoms with Crippen LogP contribution in [0.4, 0.5) is 0 Å². The van der Waals surface area contributed by atoms with E-state index in [0.29, 0.717) is 44.8 Å². The first-order valence-electron chi connectivity index (χ1n) is 7.39. The SMILES string of the molecule is COCc1nc2c(o1)CCN(C(=O)CCc1cccnc1)C2. The Kier molecular flexibility index (Phi) is 4.48. The van der Waals surface area contributed by atoms with Crippen LogP contribution in [0.3, 0.4) is 0 Å². The molecular weight excluding hydrogens is 282 g/mol. The van der Waals surface area contributed by atoms with Crippen molar-refractivity contribution in [3.8, 4) is 0 Å². The number of amides is 1. The van der Waals surface area contributed by atoms with Gasteiger partial charge in [0.2, 0.25) is 11.8 Å². The maximum absolute atomic E-state index is 12.3. The smallest absolute Gasteiger partial charge is 0.223 e. The fourth-order valence-electron chi connectivity index (χ4n) is 2.61. The van der Waals surface area contributed by atoms with E-state index in [4.69, 9.17) is 9.15 Å². The van der Waals surface area contributed by atoms with Crippen molar-refractivity contribution in [2.24, 2.45) is 0 Å². The standard InChI is InChI=1S/C16H19N3O3/c1-21-11-15-18-13-10-19(8-6-14(13)22-15)16(20)5-4-12-3-2-7-17-9-12/h2-3,7,9H,4-6,8,10-11H2,1H3. The monoisotopic (exact) mass is 301 g/mol. The summed E-state index contributed by atoms with van der Waals surface area (Å²) in [7, 11) is 1.61. The lowest BCUT2D eigenvalue weighted by Crippen LogP contribution is -2.35. The maximum Gasteiger partial charge on any atom is 0.223 e. The van der Waals surface area contributed by atoms with Gasteiger partial charge >= 0.3 is 0 Å². The van der Waals surface area contributed by atoms with Crippen LogP contribution < -0.4 is 0 Å². The number of carbonyl (C=O) groups excluding carboxylic acids is 1. The van der Waals surface area contributed by atoms with Gasteiger partial charge in [0.25, 0.3) is 0 Å². The molecule has 0 aliphatic carbocycles. The molecule has 0 fully saturated rings. The van der Waals surface area contributed by atoms with Gasteiger partial charge in [-0.25, -0.2) is 4.98 Å². The number of carbonyl (C=O) groups is 1. The Bertz CT molecular complexity index is 639. The van der Waals surface area contributed by atoms with E-state index >= 15 is 0 Å². The predicted octanol–water partition coefficient (Wildman–Crippen LogP) is 1.73. The third-order valence-electron chi connectivity index (χ3n) is 3.74. The molecule has 3 heterocycles. The van der Waals surface area contributed by atoms with Crippen LogP contribution in [0.1, 0.15) is 29.3 Å².